The largest absolute Gasteiger partial charge is 0.508 e. The maximum atomic E-state index is 13.5. The number of phenols is 1. The predicted molar refractivity (Wildman–Crippen MR) is 141 cm³/mol. The van der Waals surface area contributed by atoms with Crippen LogP contribution < -0.4 is 9.47 Å². The molecule has 1 aliphatic heterocycles. The number of hydrogen-bond acceptors (Lipinski definition) is 6. The van der Waals surface area contributed by atoms with Crippen LogP contribution >= 0.6 is 22.9 Å². The van der Waals surface area contributed by atoms with Crippen LogP contribution in [0.1, 0.15) is 20.8 Å². The van der Waals surface area contributed by atoms with E-state index in [1.165, 1.54) is 11.3 Å². The summed E-state index contributed by atoms with van der Waals surface area (Å²) in [4.78, 5) is 16.1. The van der Waals surface area contributed by atoms with E-state index >= 15 is 0 Å². The van der Waals surface area contributed by atoms with Crippen LogP contribution in [0.2, 0.25) is 5.02 Å². The summed E-state index contributed by atoms with van der Waals surface area (Å²) < 4.78 is 25.4. The van der Waals surface area contributed by atoms with Gasteiger partial charge in [0.1, 0.15) is 28.7 Å². The van der Waals surface area contributed by atoms with E-state index in [-0.39, 0.29) is 24.1 Å². The number of rotatable bonds is 9. The molecule has 0 unspecified atom stereocenters. The van der Waals surface area contributed by atoms with Gasteiger partial charge >= 0.3 is 0 Å². The number of ether oxygens (including phenoxy) is 2. The second-order valence-electron chi connectivity index (χ2n) is 8.93. The van der Waals surface area contributed by atoms with Crippen LogP contribution in [0.25, 0.3) is 10.1 Å². The van der Waals surface area contributed by atoms with Crippen molar-refractivity contribution in [3.63, 3.8) is 0 Å². The summed E-state index contributed by atoms with van der Waals surface area (Å²) in [7, 11) is 0. The number of aryl methyl sites for hydroxylation is 1. The van der Waals surface area contributed by atoms with Crippen molar-refractivity contribution in [1.29, 1.82) is 0 Å². The number of alkyl halides is 1. The average molecular weight is 526 g/mol. The first-order valence-electron chi connectivity index (χ1n) is 11.7. The molecule has 4 aromatic rings. The minimum Gasteiger partial charge on any atom is -0.508 e. The van der Waals surface area contributed by atoms with E-state index in [0.717, 1.165) is 35.3 Å². The third kappa shape index (κ3) is 5.19. The van der Waals surface area contributed by atoms with Crippen LogP contribution in [0, 0.1) is 12.8 Å². The Morgan fingerprint density at radius 3 is 2.61 bits per heavy atom. The number of nitrogens with zero attached hydrogens (tertiary/aromatic N) is 1. The van der Waals surface area contributed by atoms with E-state index in [0.29, 0.717) is 39.3 Å². The highest BCUT2D eigenvalue weighted by Crippen LogP contribution is 2.43. The number of carbonyl (C=O) groups is 1. The van der Waals surface area contributed by atoms with Gasteiger partial charge in [-0.3, -0.25) is 14.1 Å². The Morgan fingerprint density at radius 1 is 1.11 bits per heavy atom. The Labute approximate surface area is 217 Å². The SMILES string of the molecule is Cc1ccc(Cl)cc1C(=O)c1sc2cc(O)ccc2c1Oc1ccc(OCCN2CC(CF)C2)cc1. The fraction of sp³-hybridized carbons (Fsp3) is 0.250. The smallest absolute Gasteiger partial charge is 0.207 e. The first-order valence-corrected chi connectivity index (χ1v) is 12.9. The van der Waals surface area contributed by atoms with Crippen molar-refractivity contribution >= 4 is 38.8 Å². The molecule has 0 aliphatic carbocycles. The zero-order chi connectivity index (χ0) is 25.2. The highest BCUT2D eigenvalue weighted by molar-refractivity contribution is 7.21. The lowest BCUT2D eigenvalue weighted by Crippen LogP contribution is -2.49. The number of hydrogen-bond donors (Lipinski definition) is 1. The van der Waals surface area contributed by atoms with E-state index in [9.17, 15) is 14.3 Å². The summed E-state index contributed by atoms with van der Waals surface area (Å²) in [5.74, 6) is 1.79. The summed E-state index contributed by atoms with van der Waals surface area (Å²) in [6.07, 6.45) is 0. The van der Waals surface area contributed by atoms with Gasteiger partial charge in [-0.15, -0.1) is 11.3 Å². The Kier molecular flexibility index (Phi) is 7.14. The molecular weight excluding hydrogens is 501 g/mol. The molecule has 1 aliphatic rings. The van der Waals surface area contributed by atoms with Crippen molar-refractivity contribution in [2.45, 2.75) is 6.92 Å². The van der Waals surface area contributed by atoms with Crippen LogP contribution in [-0.4, -0.2) is 48.7 Å². The normalized spacial score (nSPS) is 14.1. The average Bonchev–Trinajstić information content (AvgIpc) is 3.19. The molecule has 1 saturated heterocycles. The Hall–Kier alpha value is -3.13. The van der Waals surface area contributed by atoms with Gasteiger partial charge in [0, 0.05) is 46.2 Å². The van der Waals surface area contributed by atoms with Gasteiger partial charge in [-0.2, -0.15) is 0 Å². The van der Waals surface area contributed by atoms with Crippen LogP contribution in [-0.2, 0) is 0 Å². The molecule has 1 N–H and O–H groups in total. The molecule has 0 radical (unpaired) electrons. The third-order valence-corrected chi connectivity index (χ3v) is 7.62. The number of carbonyl (C=O) groups excluding carboxylic acids is 1. The van der Waals surface area contributed by atoms with Crippen molar-refractivity contribution in [3.05, 3.63) is 81.7 Å². The molecule has 8 heteroatoms. The minimum atomic E-state index is -0.259. The highest BCUT2D eigenvalue weighted by Gasteiger charge is 2.26. The number of ketones is 1. The summed E-state index contributed by atoms with van der Waals surface area (Å²) >= 11 is 7.44. The summed E-state index contributed by atoms with van der Waals surface area (Å²) in [5, 5.41) is 11.2. The molecule has 0 amide bonds. The van der Waals surface area contributed by atoms with E-state index < -0.39 is 0 Å². The van der Waals surface area contributed by atoms with Gasteiger partial charge in [-0.05, 0) is 67.1 Å². The number of halogens is 2. The molecule has 0 bridgehead atoms. The Morgan fingerprint density at radius 2 is 1.86 bits per heavy atom. The van der Waals surface area contributed by atoms with Crippen molar-refractivity contribution in [2.24, 2.45) is 5.92 Å². The number of thiophene rings is 1. The molecule has 1 aromatic heterocycles. The lowest BCUT2D eigenvalue weighted by atomic mass is 10.0. The minimum absolute atomic E-state index is 0.119. The predicted octanol–water partition coefficient (Wildman–Crippen LogP) is 6.87. The van der Waals surface area contributed by atoms with Crippen LogP contribution in [0.5, 0.6) is 23.0 Å². The highest BCUT2D eigenvalue weighted by atomic mass is 35.5. The molecule has 1 fully saturated rings. The topological polar surface area (TPSA) is 59.0 Å². The molecular formula is C28H25ClFNO4S. The van der Waals surface area contributed by atoms with Crippen LogP contribution in [0.3, 0.4) is 0 Å². The maximum Gasteiger partial charge on any atom is 0.207 e. The van der Waals surface area contributed by atoms with Gasteiger partial charge in [-0.25, -0.2) is 0 Å². The first kappa shape index (κ1) is 24.6. The first-order chi connectivity index (χ1) is 17.4. The summed E-state index contributed by atoms with van der Waals surface area (Å²) in [6, 6.07) is 17.4. The summed E-state index contributed by atoms with van der Waals surface area (Å²) in [5.41, 5.74) is 1.32. The van der Waals surface area contributed by atoms with E-state index in [2.05, 4.69) is 4.90 Å². The molecule has 5 rings (SSSR count). The van der Waals surface area contributed by atoms with Crippen LogP contribution in [0.15, 0.2) is 60.7 Å². The quantitative estimate of drug-likeness (QED) is 0.242. The molecule has 2 heterocycles. The van der Waals surface area contributed by atoms with Crippen molar-refractivity contribution in [3.8, 4) is 23.0 Å². The summed E-state index contributed by atoms with van der Waals surface area (Å²) in [6.45, 7) is 4.46. The number of likely N-dealkylation sites (tertiary alicyclic amines) is 1. The van der Waals surface area contributed by atoms with Gasteiger partial charge in [0.25, 0.3) is 0 Å². The van der Waals surface area contributed by atoms with E-state index in [1.807, 2.05) is 25.1 Å². The number of aromatic hydroxyl groups is 1. The second kappa shape index (κ2) is 10.5. The Bertz CT molecular complexity index is 1400. The van der Waals surface area contributed by atoms with Crippen molar-refractivity contribution in [1.82, 2.24) is 4.90 Å². The van der Waals surface area contributed by atoms with Gasteiger partial charge in [-0.1, -0.05) is 17.7 Å². The van der Waals surface area contributed by atoms with Gasteiger partial charge in [0.05, 0.1) is 6.67 Å². The van der Waals surface area contributed by atoms with E-state index in [4.69, 9.17) is 21.1 Å². The molecule has 5 nitrogen and oxygen atoms in total. The standard InChI is InChI=1S/C28H25ClFNO4S/c1-17-2-3-19(29)12-24(17)26(33)28-27(23-9-4-20(32)13-25(23)36-28)35-22-7-5-21(6-8-22)34-11-10-31-15-18(14-30)16-31/h2-9,12-13,18,32H,10-11,14-16H2,1H3. The Balaban J connectivity index is 1.35. The van der Waals surface area contributed by atoms with Crippen molar-refractivity contribution in [2.75, 3.05) is 32.9 Å². The maximum absolute atomic E-state index is 13.5. The molecule has 0 saturated carbocycles. The third-order valence-electron chi connectivity index (χ3n) is 6.25. The number of benzene rings is 3. The van der Waals surface area contributed by atoms with Crippen molar-refractivity contribution < 1.29 is 23.8 Å². The zero-order valence-electron chi connectivity index (χ0n) is 19.7. The fourth-order valence-corrected chi connectivity index (χ4v) is 5.53. The fourth-order valence-electron chi connectivity index (χ4n) is 4.24. The second-order valence-corrected chi connectivity index (χ2v) is 10.4. The lowest BCUT2D eigenvalue weighted by molar-refractivity contribution is 0.0668. The number of phenolic OH excluding ortho intramolecular Hbond substituents is 1. The molecule has 0 spiro atoms. The monoisotopic (exact) mass is 525 g/mol. The van der Waals surface area contributed by atoms with E-state index in [1.54, 1.807) is 42.5 Å². The van der Waals surface area contributed by atoms with Gasteiger partial charge in [0.2, 0.25) is 5.78 Å². The van der Waals surface area contributed by atoms with Crippen LogP contribution in [0.4, 0.5) is 4.39 Å². The van der Waals surface area contributed by atoms with Gasteiger partial charge < -0.3 is 14.6 Å². The number of fused-ring (bicyclic) bond motifs is 1. The molecule has 3 aromatic carbocycles. The zero-order valence-corrected chi connectivity index (χ0v) is 21.2. The molecule has 186 valence electrons. The molecule has 36 heavy (non-hydrogen) atoms. The van der Waals surface area contributed by atoms with Gasteiger partial charge in [0.15, 0.2) is 5.75 Å². The molecule has 0 atom stereocenters. The lowest BCUT2D eigenvalue weighted by Gasteiger charge is -2.37.